The first kappa shape index (κ1) is 12.5. The maximum atomic E-state index is 12.0. The normalized spacial score (nSPS) is 22.5. The summed E-state index contributed by atoms with van der Waals surface area (Å²) in [5.74, 6) is 0.815. The van der Waals surface area contributed by atoms with Crippen LogP contribution in [0, 0.1) is 5.92 Å². The van der Waals surface area contributed by atoms with E-state index in [9.17, 15) is 4.79 Å². The van der Waals surface area contributed by atoms with Crippen LogP contribution in [0.3, 0.4) is 0 Å². The van der Waals surface area contributed by atoms with Gasteiger partial charge in [-0.2, -0.15) is 0 Å². The molecule has 0 aromatic carbocycles. The fourth-order valence-corrected chi connectivity index (χ4v) is 2.14. The first-order valence-electron chi connectivity index (χ1n) is 6.09. The standard InChI is InChI=1S/C12H24N2O/c1-10(2)9-14(3)12(15)11-7-5-4-6-8-13-11/h10-11,13H,4-9H2,1-3H3. The number of likely N-dealkylation sites (N-methyl/N-ethyl adjacent to an activating group) is 1. The molecule has 15 heavy (non-hydrogen) atoms. The second-order valence-corrected chi connectivity index (χ2v) is 4.97. The summed E-state index contributed by atoms with van der Waals surface area (Å²) >= 11 is 0. The largest absolute Gasteiger partial charge is 0.344 e. The van der Waals surface area contributed by atoms with Crippen molar-refractivity contribution in [2.75, 3.05) is 20.1 Å². The lowest BCUT2D eigenvalue weighted by molar-refractivity contribution is -0.132. The number of nitrogens with one attached hydrogen (secondary N) is 1. The fourth-order valence-electron chi connectivity index (χ4n) is 2.14. The van der Waals surface area contributed by atoms with E-state index in [4.69, 9.17) is 0 Å². The van der Waals surface area contributed by atoms with Gasteiger partial charge >= 0.3 is 0 Å². The highest BCUT2D eigenvalue weighted by atomic mass is 16.2. The third kappa shape index (κ3) is 4.20. The van der Waals surface area contributed by atoms with Gasteiger partial charge in [0, 0.05) is 13.6 Å². The molecule has 1 fully saturated rings. The molecule has 1 aliphatic heterocycles. The molecule has 1 atom stereocenters. The fraction of sp³-hybridized carbons (Fsp3) is 0.917. The molecule has 1 heterocycles. The van der Waals surface area contributed by atoms with E-state index in [1.165, 1.54) is 19.3 Å². The highest BCUT2D eigenvalue weighted by Crippen LogP contribution is 2.10. The first-order valence-corrected chi connectivity index (χ1v) is 6.09. The van der Waals surface area contributed by atoms with Crippen LogP contribution in [0.25, 0.3) is 0 Å². The molecule has 88 valence electrons. The van der Waals surface area contributed by atoms with Crippen molar-refractivity contribution in [2.45, 2.75) is 45.6 Å². The molecule has 1 aliphatic rings. The Hall–Kier alpha value is -0.570. The summed E-state index contributed by atoms with van der Waals surface area (Å²) in [5, 5.41) is 3.34. The topological polar surface area (TPSA) is 32.3 Å². The van der Waals surface area contributed by atoms with Crippen LogP contribution >= 0.6 is 0 Å². The number of nitrogens with zero attached hydrogens (tertiary/aromatic N) is 1. The molecule has 1 rings (SSSR count). The molecular formula is C12H24N2O. The summed E-state index contributed by atoms with van der Waals surface area (Å²) in [6, 6.07) is 0.0660. The predicted octanol–water partition coefficient (Wildman–Crippen LogP) is 1.63. The van der Waals surface area contributed by atoms with Crippen molar-refractivity contribution >= 4 is 5.91 Å². The van der Waals surface area contributed by atoms with Gasteiger partial charge in [-0.15, -0.1) is 0 Å². The minimum atomic E-state index is 0.0660. The zero-order chi connectivity index (χ0) is 11.3. The summed E-state index contributed by atoms with van der Waals surface area (Å²) in [4.78, 5) is 13.9. The Morgan fingerprint density at radius 2 is 2.13 bits per heavy atom. The van der Waals surface area contributed by atoms with E-state index >= 15 is 0 Å². The third-order valence-corrected chi connectivity index (χ3v) is 2.87. The highest BCUT2D eigenvalue weighted by Gasteiger charge is 2.22. The van der Waals surface area contributed by atoms with E-state index in [0.29, 0.717) is 5.92 Å². The smallest absolute Gasteiger partial charge is 0.239 e. The van der Waals surface area contributed by atoms with Crippen LogP contribution in [-0.2, 0) is 4.79 Å². The number of hydrogen-bond donors (Lipinski definition) is 1. The SMILES string of the molecule is CC(C)CN(C)C(=O)C1CCCCCN1. The van der Waals surface area contributed by atoms with Crippen LogP contribution < -0.4 is 5.32 Å². The number of hydrogen-bond acceptors (Lipinski definition) is 2. The van der Waals surface area contributed by atoms with Gasteiger partial charge in [0.2, 0.25) is 5.91 Å². The zero-order valence-electron chi connectivity index (χ0n) is 10.3. The van der Waals surface area contributed by atoms with Crippen LogP contribution in [0.1, 0.15) is 39.5 Å². The average Bonchev–Trinajstić information content (AvgIpc) is 2.43. The third-order valence-electron chi connectivity index (χ3n) is 2.87. The minimum absolute atomic E-state index is 0.0660. The Bertz CT molecular complexity index is 196. The van der Waals surface area contributed by atoms with E-state index in [1.54, 1.807) is 0 Å². The van der Waals surface area contributed by atoms with Gasteiger partial charge in [-0.1, -0.05) is 26.7 Å². The molecule has 1 saturated heterocycles. The summed E-state index contributed by atoms with van der Waals surface area (Å²) in [6.07, 6.45) is 4.64. The van der Waals surface area contributed by atoms with Crippen molar-refractivity contribution < 1.29 is 4.79 Å². The molecule has 0 aromatic heterocycles. The van der Waals surface area contributed by atoms with Gasteiger partial charge in [-0.25, -0.2) is 0 Å². The molecule has 0 spiro atoms. The van der Waals surface area contributed by atoms with E-state index in [1.807, 2.05) is 11.9 Å². The van der Waals surface area contributed by atoms with Crippen molar-refractivity contribution in [1.82, 2.24) is 10.2 Å². The van der Waals surface area contributed by atoms with Crippen molar-refractivity contribution in [3.63, 3.8) is 0 Å². The number of carbonyl (C=O) groups excluding carboxylic acids is 1. The molecular weight excluding hydrogens is 188 g/mol. The molecule has 0 bridgehead atoms. The molecule has 0 aliphatic carbocycles. The Balaban J connectivity index is 2.42. The quantitative estimate of drug-likeness (QED) is 0.771. The molecule has 1 amide bonds. The van der Waals surface area contributed by atoms with Crippen molar-refractivity contribution in [3.05, 3.63) is 0 Å². The van der Waals surface area contributed by atoms with Gasteiger partial charge in [0.25, 0.3) is 0 Å². The highest BCUT2D eigenvalue weighted by molar-refractivity contribution is 5.81. The van der Waals surface area contributed by atoms with Crippen molar-refractivity contribution in [1.29, 1.82) is 0 Å². The summed E-state index contributed by atoms with van der Waals surface area (Å²) in [5.41, 5.74) is 0. The lowest BCUT2D eigenvalue weighted by atomic mass is 10.1. The molecule has 1 unspecified atom stereocenters. The second kappa shape index (κ2) is 6.11. The molecule has 0 saturated carbocycles. The number of carbonyl (C=O) groups is 1. The Morgan fingerprint density at radius 3 is 2.80 bits per heavy atom. The van der Waals surface area contributed by atoms with Crippen LogP contribution in [0.4, 0.5) is 0 Å². The van der Waals surface area contributed by atoms with Crippen molar-refractivity contribution in [3.8, 4) is 0 Å². The van der Waals surface area contributed by atoms with Crippen LogP contribution in [0.5, 0.6) is 0 Å². The Morgan fingerprint density at radius 1 is 1.40 bits per heavy atom. The summed E-state index contributed by atoms with van der Waals surface area (Å²) < 4.78 is 0. The van der Waals surface area contributed by atoms with E-state index in [2.05, 4.69) is 19.2 Å². The van der Waals surface area contributed by atoms with Crippen molar-refractivity contribution in [2.24, 2.45) is 5.92 Å². The van der Waals surface area contributed by atoms with Crippen LogP contribution in [0.2, 0.25) is 0 Å². The van der Waals surface area contributed by atoms with Crippen LogP contribution in [-0.4, -0.2) is 37.0 Å². The molecule has 3 heteroatoms. The Kier molecular flexibility index (Phi) is 5.09. The maximum absolute atomic E-state index is 12.0. The predicted molar refractivity (Wildman–Crippen MR) is 62.7 cm³/mol. The van der Waals surface area contributed by atoms with Crippen LogP contribution in [0.15, 0.2) is 0 Å². The molecule has 0 aromatic rings. The monoisotopic (exact) mass is 212 g/mol. The lowest BCUT2D eigenvalue weighted by Gasteiger charge is -2.24. The summed E-state index contributed by atoms with van der Waals surface area (Å²) in [7, 11) is 1.91. The molecule has 3 nitrogen and oxygen atoms in total. The maximum Gasteiger partial charge on any atom is 0.239 e. The Labute approximate surface area is 93.2 Å². The number of rotatable bonds is 3. The first-order chi connectivity index (χ1) is 7.11. The lowest BCUT2D eigenvalue weighted by Crippen LogP contribution is -2.45. The van der Waals surface area contributed by atoms with Gasteiger partial charge in [-0.3, -0.25) is 4.79 Å². The van der Waals surface area contributed by atoms with Gasteiger partial charge in [0.15, 0.2) is 0 Å². The van der Waals surface area contributed by atoms with E-state index in [-0.39, 0.29) is 11.9 Å². The average molecular weight is 212 g/mol. The minimum Gasteiger partial charge on any atom is -0.344 e. The molecule has 1 N–H and O–H groups in total. The van der Waals surface area contributed by atoms with Gasteiger partial charge in [0.05, 0.1) is 6.04 Å². The zero-order valence-corrected chi connectivity index (χ0v) is 10.3. The van der Waals surface area contributed by atoms with E-state index in [0.717, 1.165) is 19.5 Å². The van der Waals surface area contributed by atoms with Gasteiger partial charge in [0.1, 0.15) is 0 Å². The van der Waals surface area contributed by atoms with Gasteiger partial charge in [-0.05, 0) is 25.3 Å². The molecule has 0 radical (unpaired) electrons. The number of amides is 1. The van der Waals surface area contributed by atoms with Gasteiger partial charge < -0.3 is 10.2 Å². The summed E-state index contributed by atoms with van der Waals surface area (Å²) in [6.45, 7) is 6.14. The second-order valence-electron chi connectivity index (χ2n) is 4.97. The van der Waals surface area contributed by atoms with E-state index < -0.39 is 0 Å².